The third-order valence-electron chi connectivity index (χ3n) is 7.09. The van der Waals surface area contributed by atoms with E-state index in [4.69, 9.17) is 4.43 Å². The van der Waals surface area contributed by atoms with Crippen molar-refractivity contribution in [1.29, 1.82) is 0 Å². The molecule has 0 rings (SSSR count). The highest BCUT2D eigenvalue weighted by Crippen LogP contribution is 2.32. The van der Waals surface area contributed by atoms with Gasteiger partial charge in [-0.3, -0.25) is 4.79 Å². The van der Waals surface area contributed by atoms with Crippen molar-refractivity contribution in [1.82, 2.24) is 0 Å². The highest BCUT2D eigenvalue weighted by molar-refractivity contribution is 6.75. The van der Waals surface area contributed by atoms with Crippen molar-refractivity contribution in [2.45, 2.75) is 155 Å². The van der Waals surface area contributed by atoms with Gasteiger partial charge in [0, 0.05) is 5.57 Å². The van der Waals surface area contributed by atoms with Crippen LogP contribution < -0.4 is 0 Å². The fourth-order valence-electron chi connectivity index (χ4n) is 4.71. The van der Waals surface area contributed by atoms with Gasteiger partial charge in [-0.25, -0.2) is 4.79 Å². The molecule has 0 saturated carbocycles. The van der Waals surface area contributed by atoms with Crippen molar-refractivity contribution in [3.8, 4) is 0 Å². The van der Waals surface area contributed by atoms with E-state index < -0.39 is 26.2 Å². The monoisotopic (exact) mass is 496 g/mol. The van der Waals surface area contributed by atoms with Gasteiger partial charge in [0.15, 0.2) is 0 Å². The Bertz CT molecular complexity index is 524. The van der Waals surface area contributed by atoms with Crippen LogP contribution in [0.1, 0.15) is 137 Å². The van der Waals surface area contributed by atoms with Crippen LogP contribution in [-0.4, -0.2) is 25.4 Å². The summed E-state index contributed by atoms with van der Waals surface area (Å²) in [6.45, 7) is 12.7. The summed E-state index contributed by atoms with van der Waals surface area (Å²) in [5.41, 5.74) is 0.157. The molecule has 4 nitrogen and oxygen atoms in total. The summed E-state index contributed by atoms with van der Waals surface area (Å²) < 4.78 is 6.27. The summed E-state index contributed by atoms with van der Waals surface area (Å²) >= 11 is 0. The zero-order valence-electron chi connectivity index (χ0n) is 23.1. The van der Waals surface area contributed by atoms with Crippen molar-refractivity contribution in [2.75, 3.05) is 0 Å². The molecule has 0 aromatic heterocycles. The minimum absolute atomic E-state index is 0.157. The maximum Gasteiger partial charge on any atom is 0.320 e. The topological polar surface area (TPSA) is 63.6 Å². The summed E-state index contributed by atoms with van der Waals surface area (Å²) in [5, 5.41) is 9.80. The van der Waals surface area contributed by atoms with Crippen LogP contribution in [0.5, 0.6) is 0 Å². The first kappa shape index (κ1) is 32.9. The van der Waals surface area contributed by atoms with Crippen LogP contribution in [0, 0.1) is 5.92 Å². The summed E-state index contributed by atoms with van der Waals surface area (Å²) in [6.07, 6.45) is 19.0. The standard InChI is InChI=1S/C29H56O4Si/c1-6-10-14-15-16-17-18-19-20-21-22-27(28(30)31)26(5)29(32)33-34(23-11-7-2,24-12-8-3)25-13-9-4/h27H,5-25H2,1-4H3,(H,30,31). The molecule has 5 heteroatoms. The predicted molar refractivity (Wildman–Crippen MR) is 148 cm³/mol. The third-order valence-corrected chi connectivity index (χ3v) is 11.5. The van der Waals surface area contributed by atoms with Crippen LogP contribution in [0.4, 0.5) is 0 Å². The Morgan fingerprint density at radius 1 is 0.676 bits per heavy atom. The van der Waals surface area contributed by atoms with Gasteiger partial charge >= 0.3 is 11.9 Å². The number of hydrogen-bond acceptors (Lipinski definition) is 3. The van der Waals surface area contributed by atoms with Crippen molar-refractivity contribution >= 4 is 20.3 Å². The van der Waals surface area contributed by atoms with Crippen LogP contribution in [0.25, 0.3) is 0 Å². The maximum atomic E-state index is 13.1. The molecule has 0 bridgehead atoms. The molecule has 1 unspecified atom stereocenters. The lowest BCUT2D eigenvalue weighted by atomic mass is 9.93. The molecule has 0 saturated heterocycles. The molecule has 0 spiro atoms. The minimum atomic E-state index is -2.23. The normalized spacial score (nSPS) is 12.5. The molecule has 200 valence electrons. The average Bonchev–Trinajstić information content (AvgIpc) is 2.82. The van der Waals surface area contributed by atoms with Crippen molar-refractivity contribution in [3.63, 3.8) is 0 Å². The van der Waals surface area contributed by atoms with Gasteiger partial charge in [-0.15, -0.1) is 0 Å². The second-order valence-electron chi connectivity index (χ2n) is 10.3. The molecule has 0 aromatic rings. The molecule has 34 heavy (non-hydrogen) atoms. The molecule has 0 aliphatic rings. The third kappa shape index (κ3) is 15.0. The molecular weight excluding hydrogens is 440 g/mol. The smallest absolute Gasteiger partial charge is 0.320 e. The minimum Gasteiger partial charge on any atom is -0.516 e. The number of rotatable bonds is 24. The fraction of sp³-hybridized carbons (Fsp3) is 0.862. The van der Waals surface area contributed by atoms with Crippen LogP contribution in [0.2, 0.25) is 18.1 Å². The highest BCUT2D eigenvalue weighted by Gasteiger charge is 2.38. The number of carboxylic acids is 1. The van der Waals surface area contributed by atoms with E-state index in [0.29, 0.717) is 6.42 Å². The van der Waals surface area contributed by atoms with Gasteiger partial charge in [-0.1, -0.05) is 137 Å². The van der Waals surface area contributed by atoms with Crippen LogP contribution >= 0.6 is 0 Å². The zero-order valence-corrected chi connectivity index (χ0v) is 24.1. The Morgan fingerprint density at radius 2 is 1.06 bits per heavy atom. The molecule has 0 radical (unpaired) electrons. The van der Waals surface area contributed by atoms with E-state index in [1.807, 2.05) is 0 Å². The highest BCUT2D eigenvalue weighted by atomic mass is 28.4. The Kier molecular flexibility index (Phi) is 20.5. The number of unbranched alkanes of at least 4 members (excludes halogenated alkanes) is 12. The number of carbonyl (C=O) groups excluding carboxylic acids is 1. The molecule has 0 aliphatic heterocycles. The molecule has 0 aromatic carbocycles. The first-order chi connectivity index (χ1) is 16.4. The summed E-state index contributed by atoms with van der Waals surface area (Å²) in [6, 6.07) is 2.95. The van der Waals surface area contributed by atoms with E-state index >= 15 is 0 Å². The van der Waals surface area contributed by atoms with E-state index in [2.05, 4.69) is 34.3 Å². The first-order valence-electron chi connectivity index (χ1n) is 14.5. The number of aliphatic carboxylic acids is 1. The van der Waals surface area contributed by atoms with E-state index in [1.54, 1.807) is 0 Å². The summed E-state index contributed by atoms with van der Waals surface area (Å²) in [7, 11) is -2.23. The van der Waals surface area contributed by atoms with Crippen molar-refractivity contribution in [2.24, 2.45) is 5.92 Å². The van der Waals surface area contributed by atoms with Gasteiger partial charge in [-0.05, 0) is 24.6 Å². The number of carbonyl (C=O) groups is 2. The van der Waals surface area contributed by atoms with Crippen molar-refractivity contribution < 1.29 is 19.1 Å². The van der Waals surface area contributed by atoms with Crippen LogP contribution in [-0.2, 0) is 14.0 Å². The SMILES string of the molecule is C=C(C(=O)O[Si](CCCC)(CCCC)CCCC)C(CCCCCCCCCCCC)C(=O)O. The molecule has 0 heterocycles. The van der Waals surface area contributed by atoms with Crippen molar-refractivity contribution in [3.05, 3.63) is 12.2 Å². The zero-order chi connectivity index (χ0) is 25.7. The van der Waals surface area contributed by atoms with Gasteiger partial charge in [0.25, 0.3) is 8.32 Å². The predicted octanol–water partition coefficient (Wildman–Crippen LogP) is 9.44. The Hall–Kier alpha value is -1.10. The van der Waals surface area contributed by atoms with E-state index in [1.165, 1.54) is 44.9 Å². The molecule has 1 N–H and O–H groups in total. The molecular formula is C29H56O4Si. The van der Waals surface area contributed by atoms with Gasteiger partial charge in [0.1, 0.15) is 0 Å². The van der Waals surface area contributed by atoms with Gasteiger partial charge in [0.05, 0.1) is 5.92 Å². The molecule has 1 atom stereocenters. The van der Waals surface area contributed by atoms with E-state index in [9.17, 15) is 14.7 Å². The van der Waals surface area contributed by atoms with Crippen LogP contribution in [0.3, 0.4) is 0 Å². The largest absolute Gasteiger partial charge is 0.516 e. The first-order valence-corrected chi connectivity index (χ1v) is 17.0. The lowest BCUT2D eigenvalue weighted by molar-refractivity contribution is -0.143. The van der Waals surface area contributed by atoms with E-state index in [-0.39, 0.29) is 5.57 Å². The molecule has 0 aliphatic carbocycles. The number of hydrogen-bond donors (Lipinski definition) is 1. The van der Waals surface area contributed by atoms with Crippen LogP contribution in [0.15, 0.2) is 12.2 Å². The lowest BCUT2D eigenvalue weighted by Gasteiger charge is -2.32. The second-order valence-corrected chi connectivity index (χ2v) is 14.3. The van der Waals surface area contributed by atoms with Gasteiger partial charge in [0.2, 0.25) is 0 Å². The van der Waals surface area contributed by atoms with E-state index in [0.717, 1.165) is 75.9 Å². The maximum absolute atomic E-state index is 13.1. The molecule has 0 amide bonds. The quantitative estimate of drug-likeness (QED) is 0.0821. The average molecular weight is 497 g/mol. The Labute approximate surface area is 212 Å². The van der Waals surface area contributed by atoms with Gasteiger partial charge < -0.3 is 9.53 Å². The Balaban J connectivity index is 4.78. The lowest BCUT2D eigenvalue weighted by Crippen LogP contribution is -2.41. The molecule has 0 fully saturated rings. The summed E-state index contributed by atoms with van der Waals surface area (Å²) in [4.78, 5) is 25.1. The van der Waals surface area contributed by atoms with Gasteiger partial charge in [-0.2, -0.15) is 0 Å². The number of carboxylic acid groups (broad SMARTS) is 1. The second kappa shape index (κ2) is 21.2. The fourth-order valence-corrected chi connectivity index (χ4v) is 9.29. The Morgan fingerprint density at radius 3 is 1.44 bits per heavy atom. The summed E-state index contributed by atoms with van der Waals surface area (Å²) in [5.74, 6) is -2.20.